The first kappa shape index (κ1) is 30.2. The quantitative estimate of drug-likeness (QED) is 0.168. The van der Waals surface area contributed by atoms with Crippen molar-refractivity contribution in [3.8, 4) is 0 Å². The molecule has 0 saturated carbocycles. The van der Waals surface area contributed by atoms with Gasteiger partial charge in [-0.05, 0) is 0 Å². The van der Waals surface area contributed by atoms with Crippen LogP contribution in [0.1, 0.15) is 49.9 Å². The summed E-state index contributed by atoms with van der Waals surface area (Å²) in [6, 6.07) is 36.5. The van der Waals surface area contributed by atoms with Crippen LogP contribution in [0, 0.1) is 27.7 Å². The van der Waals surface area contributed by atoms with E-state index in [1.54, 1.807) is 0 Å². The summed E-state index contributed by atoms with van der Waals surface area (Å²) in [6.45, 7) is 18.6. The summed E-state index contributed by atoms with van der Waals surface area (Å²) in [7, 11) is 4.38. The monoisotopic (exact) mass is 641 g/mol. The third-order valence-electron chi connectivity index (χ3n) is 7.88. The zero-order chi connectivity index (χ0) is 29.3. The molecule has 0 radical (unpaired) electrons. The number of anilines is 2. The average molecular weight is 640 g/mol. The third-order valence-corrected chi connectivity index (χ3v) is 26.9. The molecule has 1 saturated heterocycles. The number of para-hydroxylation sites is 2. The van der Waals surface area contributed by atoms with Crippen LogP contribution in [-0.2, 0) is 0 Å². The maximum absolute atomic E-state index is 3.41. The third kappa shape index (κ3) is 5.73. The van der Waals surface area contributed by atoms with Crippen molar-refractivity contribution in [2.24, 2.45) is 0 Å². The number of rotatable bonds is 9. The van der Waals surface area contributed by atoms with E-state index in [0.29, 0.717) is 12.1 Å². The van der Waals surface area contributed by atoms with Crippen LogP contribution < -0.4 is 7.54 Å². The molecule has 4 aromatic rings. The molecule has 0 aromatic heterocycles. The van der Waals surface area contributed by atoms with E-state index in [1.165, 1.54) is 43.4 Å². The molecule has 212 valence electrons. The number of aryl methyl sites for hydroxylation is 4. The van der Waals surface area contributed by atoms with Crippen molar-refractivity contribution in [2.75, 3.05) is 7.54 Å². The number of nitrogens with zero attached hydrogens (tertiary/aromatic N) is 3. The van der Waals surface area contributed by atoms with Gasteiger partial charge in [-0.1, -0.05) is 0 Å². The van der Waals surface area contributed by atoms with Crippen LogP contribution in [-0.4, -0.2) is 35.4 Å². The second kappa shape index (κ2) is 12.5. The fourth-order valence-corrected chi connectivity index (χ4v) is 28.8. The van der Waals surface area contributed by atoms with Gasteiger partial charge in [-0.3, -0.25) is 0 Å². The summed E-state index contributed by atoms with van der Waals surface area (Å²) < 4.78 is 5.82. The van der Waals surface area contributed by atoms with Crippen molar-refractivity contribution in [2.45, 2.75) is 77.3 Å². The Morgan fingerprint density at radius 1 is 0.537 bits per heavy atom. The van der Waals surface area contributed by atoms with Crippen LogP contribution in [0.3, 0.4) is 0 Å². The molecule has 1 aliphatic heterocycles. The van der Waals surface area contributed by atoms with Crippen LogP contribution in [0.2, 0.25) is 0 Å². The molecule has 1 aliphatic rings. The Bertz CT molecular complexity index is 1330. The van der Waals surface area contributed by atoms with E-state index in [1.807, 2.05) is 0 Å². The first-order valence-electron chi connectivity index (χ1n) is 14.6. The standard InChI is InChI=1S/C34H42BGeN3S2/c1-25(2)37(26(3)4)35-38(33-27(5)17-15-18-28(33)6)36(40-31-21-11-9-12-22-31,41-32-23-13-10-14-24-32)39(35)34-29(7)19-16-20-30(34)8/h9-26H,1-8H3. The van der Waals surface area contributed by atoms with Crippen molar-refractivity contribution in [3.05, 3.63) is 119 Å². The van der Waals surface area contributed by atoms with Gasteiger partial charge in [0.1, 0.15) is 0 Å². The minimum absolute atomic E-state index is 0.113. The molecule has 4 aromatic carbocycles. The van der Waals surface area contributed by atoms with E-state index >= 15 is 0 Å². The zero-order valence-electron chi connectivity index (χ0n) is 25.6. The fourth-order valence-electron chi connectivity index (χ4n) is 6.25. The molecule has 0 bridgehead atoms. The molecule has 0 N–H and O–H groups in total. The van der Waals surface area contributed by atoms with E-state index < -0.39 is 11.4 Å². The molecule has 1 fully saturated rings. The Labute approximate surface area is 257 Å². The van der Waals surface area contributed by atoms with Crippen molar-refractivity contribution in [1.29, 1.82) is 0 Å². The first-order valence-corrected chi connectivity index (χ1v) is 23.3. The molecule has 5 rings (SSSR count). The Morgan fingerprint density at radius 3 is 1.20 bits per heavy atom. The van der Waals surface area contributed by atoms with Crippen molar-refractivity contribution >= 4 is 50.1 Å². The maximum atomic E-state index is 2.91. The number of hydrogen-bond acceptors (Lipinski definition) is 5. The van der Waals surface area contributed by atoms with Crippen LogP contribution in [0.25, 0.3) is 0 Å². The van der Waals surface area contributed by atoms with Gasteiger partial charge in [-0.2, -0.15) is 0 Å². The Hall–Kier alpha value is -2.25. The van der Waals surface area contributed by atoms with E-state index in [0.717, 1.165) is 0 Å². The molecule has 1 heterocycles. The number of benzene rings is 4. The predicted molar refractivity (Wildman–Crippen MR) is 185 cm³/mol. The molecule has 0 amide bonds. The Morgan fingerprint density at radius 2 is 0.878 bits per heavy atom. The van der Waals surface area contributed by atoms with Gasteiger partial charge in [0.15, 0.2) is 0 Å². The van der Waals surface area contributed by atoms with E-state index in [-0.39, 0.29) is 7.12 Å². The molecular formula is C34H42BGeN3S2. The van der Waals surface area contributed by atoms with Crippen molar-refractivity contribution in [1.82, 2.24) is 4.81 Å². The molecule has 41 heavy (non-hydrogen) atoms. The summed E-state index contributed by atoms with van der Waals surface area (Å²) in [5.41, 5.74) is 8.19. The van der Waals surface area contributed by atoms with Crippen LogP contribution in [0.15, 0.2) is 107 Å². The van der Waals surface area contributed by atoms with E-state index in [9.17, 15) is 0 Å². The summed E-state index contributed by atoms with van der Waals surface area (Å²) in [4.78, 5) is 5.39. The van der Waals surface area contributed by atoms with Gasteiger partial charge in [0, 0.05) is 0 Å². The minimum atomic E-state index is -3.41. The predicted octanol–water partition coefficient (Wildman–Crippen LogP) is 9.37. The van der Waals surface area contributed by atoms with Gasteiger partial charge < -0.3 is 0 Å². The molecule has 0 spiro atoms. The van der Waals surface area contributed by atoms with Gasteiger partial charge >= 0.3 is 259 Å². The van der Waals surface area contributed by atoms with Gasteiger partial charge in [0.25, 0.3) is 0 Å². The first-order chi connectivity index (χ1) is 19.7. The van der Waals surface area contributed by atoms with Gasteiger partial charge in [-0.15, -0.1) is 0 Å². The molecule has 0 aliphatic carbocycles. The Kier molecular flexibility index (Phi) is 9.24. The normalized spacial score (nSPS) is 14.8. The van der Waals surface area contributed by atoms with Crippen LogP contribution in [0.5, 0.6) is 0 Å². The molecule has 7 heteroatoms. The molecule has 3 nitrogen and oxygen atoms in total. The summed E-state index contributed by atoms with van der Waals surface area (Å²) in [5.74, 6) is 0. The average Bonchev–Trinajstić information content (AvgIpc) is 2.93. The van der Waals surface area contributed by atoms with Gasteiger partial charge in [-0.25, -0.2) is 0 Å². The second-order valence-electron chi connectivity index (χ2n) is 11.6. The SMILES string of the molecule is Cc1cccc(C)c1[N]1B(N(C(C)C)C(C)C)[N](c2c(C)cccc2C)[Ge]1([S]c1ccccc1)[S]c1ccccc1. The van der Waals surface area contributed by atoms with Gasteiger partial charge in [0.2, 0.25) is 0 Å². The topological polar surface area (TPSA) is 9.72 Å². The van der Waals surface area contributed by atoms with Gasteiger partial charge in [0.05, 0.1) is 0 Å². The van der Waals surface area contributed by atoms with Crippen molar-refractivity contribution in [3.63, 3.8) is 0 Å². The summed E-state index contributed by atoms with van der Waals surface area (Å²) in [5, 5.41) is 0. The van der Waals surface area contributed by atoms with Crippen LogP contribution in [0.4, 0.5) is 11.4 Å². The Balaban J connectivity index is 1.86. The molecule has 0 unspecified atom stereocenters. The van der Waals surface area contributed by atoms with Crippen LogP contribution >= 0.6 is 20.2 Å². The fraction of sp³-hybridized carbons (Fsp3) is 0.294. The molecule has 0 atom stereocenters. The van der Waals surface area contributed by atoms with Crippen molar-refractivity contribution < 1.29 is 0 Å². The van der Waals surface area contributed by atoms with E-state index in [4.69, 9.17) is 0 Å². The van der Waals surface area contributed by atoms with E-state index in [2.05, 4.69) is 185 Å². The zero-order valence-corrected chi connectivity index (χ0v) is 29.4. The second-order valence-corrected chi connectivity index (χ2v) is 27.1. The summed E-state index contributed by atoms with van der Waals surface area (Å²) in [6.07, 6.45) is 0. The number of hydrogen-bond donors (Lipinski definition) is 0. The summed E-state index contributed by atoms with van der Waals surface area (Å²) >= 11 is -3.41. The molecular weight excluding hydrogens is 598 g/mol.